The molecule has 0 aliphatic heterocycles. The molecule has 0 atom stereocenters. The third-order valence-electron chi connectivity index (χ3n) is 2.55. The second-order valence-corrected chi connectivity index (χ2v) is 4.20. The van der Waals surface area contributed by atoms with Crippen LogP contribution in [-0.2, 0) is 11.3 Å². The number of hydrogen-bond acceptors (Lipinski definition) is 4. The summed E-state index contributed by atoms with van der Waals surface area (Å²) >= 11 is 0. The van der Waals surface area contributed by atoms with E-state index in [1.54, 1.807) is 25.6 Å². The average molecular weight is 225 g/mol. The highest BCUT2D eigenvalue weighted by atomic mass is 16.5. The van der Waals surface area contributed by atoms with E-state index in [1.807, 2.05) is 13.8 Å². The normalized spacial score (nSPS) is 11.5. The molecule has 0 spiro atoms. The summed E-state index contributed by atoms with van der Waals surface area (Å²) in [7, 11) is 1.68. The van der Waals surface area contributed by atoms with E-state index in [9.17, 15) is 0 Å². The Balaban J connectivity index is 2.49. The Morgan fingerprint density at radius 1 is 1.44 bits per heavy atom. The van der Waals surface area contributed by atoms with E-state index in [0.717, 1.165) is 12.0 Å². The molecule has 0 bridgehead atoms. The van der Waals surface area contributed by atoms with Crippen molar-refractivity contribution in [1.82, 2.24) is 4.98 Å². The van der Waals surface area contributed by atoms with Crippen LogP contribution in [0.1, 0.15) is 25.8 Å². The van der Waals surface area contributed by atoms with Crippen molar-refractivity contribution in [1.29, 1.82) is 0 Å². The quantitative estimate of drug-likeness (QED) is 0.801. The zero-order chi connectivity index (χ0) is 12.0. The molecular weight excluding hydrogens is 206 g/mol. The number of rotatable bonds is 6. The van der Waals surface area contributed by atoms with E-state index in [0.29, 0.717) is 12.4 Å². The Morgan fingerprint density at radius 2 is 2.19 bits per heavy atom. The summed E-state index contributed by atoms with van der Waals surface area (Å²) < 4.78 is 10.9. The molecule has 0 aliphatic rings. The van der Waals surface area contributed by atoms with Crippen LogP contribution in [0.5, 0.6) is 5.75 Å². The van der Waals surface area contributed by atoms with Crippen LogP contribution in [0, 0.1) is 0 Å². The SMILES string of the molecule is COC(C)(C)CCOc1cnccc1CO. The van der Waals surface area contributed by atoms with E-state index in [2.05, 4.69) is 4.98 Å². The molecule has 1 rings (SSSR count). The Morgan fingerprint density at radius 3 is 2.81 bits per heavy atom. The van der Waals surface area contributed by atoms with Crippen molar-refractivity contribution < 1.29 is 14.6 Å². The third-order valence-corrected chi connectivity index (χ3v) is 2.55. The van der Waals surface area contributed by atoms with E-state index in [4.69, 9.17) is 14.6 Å². The van der Waals surface area contributed by atoms with Gasteiger partial charge in [0, 0.05) is 25.3 Å². The molecule has 1 heterocycles. The Labute approximate surface area is 96.2 Å². The van der Waals surface area contributed by atoms with Crippen LogP contribution in [0.3, 0.4) is 0 Å². The predicted molar refractivity (Wildman–Crippen MR) is 61.4 cm³/mol. The van der Waals surface area contributed by atoms with Crippen LogP contribution in [0.4, 0.5) is 0 Å². The van der Waals surface area contributed by atoms with Gasteiger partial charge in [-0.1, -0.05) is 0 Å². The topological polar surface area (TPSA) is 51.6 Å². The predicted octanol–water partition coefficient (Wildman–Crippen LogP) is 1.77. The monoisotopic (exact) mass is 225 g/mol. The highest BCUT2D eigenvalue weighted by Crippen LogP contribution is 2.18. The maximum Gasteiger partial charge on any atom is 0.143 e. The third kappa shape index (κ3) is 3.79. The number of pyridine rings is 1. The van der Waals surface area contributed by atoms with Crippen LogP contribution in [0.15, 0.2) is 18.5 Å². The van der Waals surface area contributed by atoms with Gasteiger partial charge in [-0.25, -0.2) is 0 Å². The number of ether oxygens (including phenoxy) is 2. The van der Waals surface area contributed by atoms with Gasteiger partial charge >= 0.3 is 0 Å². The first-order chi connectivity index (χ1) is 7.59. The van der Waals surface area contributed by atoms with Gasteiger partial charge in [0.15, 0.2) is 0 Å². The minimum absolute atomic E-state index is 0.0362. The summed E-state index contributed by atoms with van der Waals surface area (Å²) in [6, 6.07) is 1.75. The van der Waals surface area contributed by atoms with E-state index in [-0.39, 0.29) is 12.2 Å². The molecule has 0 saturated carbocycles. The van der Waals surface area contributed by atoms with Crippen LogP contribution >= 0.6 is 0 Å². The number of aliphatic hydroxyl groups is 1. The van der Waals surface area contributed by atoms with Crippen molar-refractivity contribution in [2.45, 2.75) is 32.5 Å². The molecule has 0 aliphatic carbocycles. The molecule has 4 heteroatoms. The van der Waals surface area contributed by atoms with Crippen molar-refractivity contribution in [3.8, 4) is 5.75 Å². The van der Waals surface area contributed by atoms with Crippen LogP contribution in [0.2, 0.25) is 0 Å². The number of nitrogens with zero attached hydrogens (tertiary/aromatic N) is 1. The zero-order valence-electron chi connectivity index (χ0n) is 10.1. The lowest BCUT2D eigenvalue weighted by Crippen LogP contribution is -2.25. The molecule has 0 amide bonds. The van der Waals surface area contributed by atoms with E-state index in [1.165, 1.54) is 0 Å². The molecule has 0 radical (unpaired) electrons. The minimum Gasteiger partial charge on any atom is -0.491 e. The van der Waals surface area contributed by atoms with Crippen molar-refractivity contribution in [2.75, 3.05) is 13.7 Å². The van der Waals surface area contributed by atoms with Crippen LogP contribution in [-0.4, -0.2) is 29.4 Å². The molecule has 1 aromatic rings. The second-order valence-electron chi connectivity index (χ2n) is 4.20. The van der Waals surface area contributed by atoms with Gasteiger partial charge in [-0.2, -0.15) is 0 Å². The molecule has 0 aromatic carbocycles. The number of aromatic nitrogens is 1. The van der Waals surface area contributed by atoms with Gasteiger partial charge in [0.25, 0.3) is 0 Å². The number of hydrogen-bond donors (Lipinski definition) is 1. The Hall–Kier alpha value is -1.13. The fourth-order valence-corrected chi connectivity index (χ4v) is 1.18. The molecule has 0 unspecified atom stereocenters. The van der Waals surface area contributed by atoms with Gasteiger partial charge in [-0.05, 0) is 19.9 Å². The standard InChI is InChI=1S/C12H19NO3/c1-12(2,15-3)5-7-16-11-8-13-6-4-10(11)9-14/h4,6,8,14H,5,7,9H2,1-3H3. The lowest BCUT2D eigenvalue weighted by Gasteiger charge is -2.22. The van der Waals surface area contributed by atoms with Gasteiger partial charge in [-0.15, -0.1) is 0 Å². The van der Waals surface area contributed by atoms with Gasteiger partial charge in [0.2, 0.25) is 0 Å². The lowest BCUT2D eigenvalue weighted by atomic mass is 10.1. The Kier molecular flexibility index (Phi) is 4.71. The van der Waals surface area contributed by atoms with Crippen molar-refractivity contribution in [3.63, 3.8) is 0 Å². The first-order valence-corrected chi connectivity index (χ1v) is 5.31. The maximum absolute atomic E-state index is 9.09. The fraction of sp³-hybridized carbons (Fsp3) is 0.583. The number of aliphatic hydroxyl groups excluding tert-OH is 1. The second kappa shape index (κ2) is 5.82. The molecule has 1 aromatic heterocycles. The molecule has 0 saturated heterocycles. The van der Waals surface area contributed by atoms with Gasteiger partial charge in [-0.3, -0.25) is 4.98 Å². The molecule has 1 N–H and O–H groups in total. The number of methoxy groups -OCH3 is 1. The molecule has 4 nitrogen and oxygen atoms in total. The summed E-state index contributed by atoms with van der Waals surface area (Å²) in [6.45, 7) is 4.52. The summed E-state index contributed by atoms with van der Waals surface area (Å²) in [4.78, 5) is 3.96. The van der Waals surface area contributed by atoms with Gasteiger partial charge < -0.3 is 14.6 Å². The summed E-state index contributed by atoms with van der Waals surface area (Å²) in [5, 5.41) is 9.09. The van der Waals surface area contributed by atoms with Crippen molar-refractivity contribution >= 4 is 0 Å². The first kappa shape index (κ1) is 12.9. The van der Waals surface area contributed by atoms with Gasteiger partial charge in [0.1, 0.15) is 5.75 Å². The average Bonchev–Trinajstić information content (AvgIpc) is 2.29. The maximum atomic E-state index is 9.09. The Bertz CT molecular complexity index is 326. The van der Waals surface area contributed by atoms with Crippen molar-refractivity contribution in [2.24, 2.45) is 0 Å². The minimum atomic E-state index is -0.193. The van der Waals surface area contributed by atoms with Crippen LogP contribution < -0.4 is 4.74 Å². The summed E-state index contributed by atoms with van der Waals surface area (Å²) in [6.07, 6.45) is 4.03. The van der Waals surface area contributed by atoms with E-state index < -0.39 is 0 Å². The fourth-order valence-electron chi connectivity index (χ4n) is 1.18. The molecule has 16 heavy (non-hydrogen) atoms. The zero-order valence-corrected chi connectivity index (χ0v) is 10.1. The summed E-state index contributed by atoms with van der Waals surface area (Å²) in [5.41, 5.74) is 0.562. The largest absolute Gasteiger partial charge is 0.491 e. The van der Waals surface area contributed by atoms with E-state index >= 15 is 0 Å². The highest BCUT2D eigenvalue weighted by Gasteiger charge is 2.16. The molecule has 90 valence electrons. The van der Waals surface area contributed by atoms with Crippen molar-refractivity contribution in [3.05, 3.63) is 24.0 Å². The molecular formula is C12H19NO3. The summed E-state index contributed by atoms with van der Waals surface area (Å²) in [5.74, 6) is 0.636. The first-order valence-electron chi connectivity index (χ1n) is 5.31. The lowest BCUT2D eigenvalue weighted by molar-refractivity contribution is 0.00527. The smallest absolute Gasteiger partial charge is 0.143 e. The highest BCUT2D eigenvalue weighted by molar-refractivity contribution is 5.28. The van der Waals surface area contributed by atoms with Crippen LogP contribution in [0.25, 0.3) is 0 Å². The molecule has 0 fully saturated rings. The van der Waals surface area contributed by atoms with Gasteiger partial charge in [0.05, 0.1) is 25.0 Å².